The van der Waals surface area contributed by atoms with Crippen molar-refractivity contribution in [2.45, 2.75) is 24.2 Å². The number of likely N-dealkylation sites (N-methyl/N-ethyl adjacent to an activating group) is 1. The Morgan fingerprint density at radius 1 is 1.38 bits per heavy atom. The topological polar surface area (TPSA) is 12.0 Å². The molecule has 1 aromatic rings. The molecule has 0 radical (unpaired) electrons. The third kappa shape index (κ3) is 2.06. The molecule has 16 heavy (non-hydrogen) atoms. The van der Waals surface area contributed by atoms with Crippen molar-refractivity contribution in [3.8, 4) is 0 Å². The predicted molar refractivity (Wildman–Crippen MR) is 61.2 cm³/mol. The van der Waals surface area contributed by atoms with E-state index in [4.69, 9.17) is 11.6 Å². The van der Waals surface area contributed by atoms with Crippen molar-refractivity contribution in [2.75, 3.05) is 13.6 Å². The number of hydrogen-bond acceptors (Lipinski definition) is 1. The lowest BCUT2D eigenvalue weighted by atomic mass is 9.62. The van der Waals surface area contributed by atoms with Gasteiger partial charge in [-0.25, -0.2) is 8.78 Å². The molecule has 1 nitrogen and oxygen atoms in total. The first-order valence-electron chi connectivity index (χ1n) is 5.26. The molecule has 0 aromatic heterocycles. The van der Waals surface area contributed by atoms with Crippen LogP contribution in [0.25, 0.3) is 0 Å². The van der Waals surface area contributed by atoms with E-state index in [1.54, 1.807) is 19.2 Å². The second kappa shape index (κ2) is 3.97. The fourth-order valence-electron chi connectivity index (χ4n) is 2.53. The minimum absolute atomic E-state index is 0.0960. The van der Waals surface area contributed by atoms with E-state index in [1.165, 1.54) is 0 Å². The second-order valence-electron chi connectivity index (χ2n) is 4.53. The molecule has 0 atom stereocenters. The Morgan fingerprint density at radius 2 is 2.06 bits per heavy atom. The summed E-state index contributed by atoms with van der Waals surface area (Å²) in [5.74, 6) is -2.53. The van der Waals surface area contributed by atoms with E-state index in [0.29, 0.717) is 11.6 Å². The molecule has 0 unspecified atom stereocenters. The smallest absolute Gasteiger partial charge is 0.250 e. The van der Waals surface area contributed by atoms with E-state index in [1.807, 2.05) is 12.1 Å². The molecule has 1 aromatic carbocycles. The first-order chi connectivity index (χ1) is 7.47. The molecule has 88 valence electrons. The average molecular weight is 246 g/mol. The summed E-state index contributed by atoms with van der Waals surface area (Å²) >= 11 is 5.90. The van der Waals surface area contributed by atoms with Gasteiger partial charge in [0.25, 0.3) is 0 Å². The van der Waals surface area contributed by atoms with Gasteiger partial charge in [0.1, 0.15) is 0 Å². The zero-order valence-corrected chi connectivity index (χ0v) is 9.82. The van der Waals surface area contributed by atoms with Gasteiger partial charge in [-0.1, -0.05) is 23.7 Å². The van der Waals surface area contributed by atoms with Crippen LogP contribution in [0.15, 0.2) is 24.3 Å². The Hall–Kier alpha value is -0.670. The van der Waals surface area contributed by atoms with Gasteiger partial charge in [0.15, 0.2) is 0 Å². The van der Waals surface area contributed by atoms with Crippen molar-refractivity contribution in [2.24, 2.45) is 0 Å². The van der Waals surface area contributed by atoms with E-state index in [-0.39, 0.29) is 12.8 Å². The van der Waals surface area contributed by atoms with Crippen LogP contribution in [0, 0.1) is 0 Å². The van der Waals surface area contributed by atoms with Crippen LogP contribution in [0.4, 0.5) is 8.78 Å². The van der Waals surface area contributed by atoms with E-state index in [2.05, 4.69) is 5.32 Å². The summed E-state index contributed by atoms with van der Waals surface area (Å²) < 4.78 is 26.2. The fraction of sp³-hybridized carbons (Fsp3) is 0.500. The van der Waals surface area contributed by atoms with Gasteiger partial charge in [0.2, 0.25) is 5.92 Å². The van der Waals surface area contributed by atoms with Crippen LogP contribution in [-0.4, -0.2) is 19.5 Å². The molecule has 0 spiro atoms. The highest BCUT2D eigenvalue weighted by molar-refractivity contribution is 6.30. The summed E-state index contributed by atoms with van der Waals surface area (Å²) in [5, 5.41) is 3.59. The largest absolute Gasteiger partial charge is 0.319 e. The van der Waals surface area contributed by atoms with E-state index < -0.39 is 11.3 Å². The number of hydrogen-bond donors (Lipinski definition) is 1. The molecule has 4 heteroatoms. The average Bonchev–Trinajstić information content (AvgIpc) is 2.15. The number of alkyl halides is 2. The highest BCUT2D eigenvalue weighted by Crippen LogP contribution is 2.53. The summed E-state index contributed by atoms with van der Waals surface area (Å²) in [6.45, 7) is 0.558. The highest BCUT2D eigenvalue weighted by Gasteiger charge is 2.56. The molecule has 1 fully saturated rings. The molecule has 0 saturated heterocycles. The van der Waals surface area contributed by atoms with Crippen molar-refractivity contribution in [1.29, 1.82) is 0 Å². The first-order valence-corrected chi connectivity index (χ1v) is 5.64. The summed E-state index contributed by atoms with van der Waals surface area (Å²) in [7, 11) is 1.78. The van der Waals surface area contributed by atoms with Gasteiger partial charge in [-0.2, -0.15) is 0 Å². The van der Waals surface area contributed by atoms with Crippen molar-refractivity contribution in [3.63, 3.8) is 0 Å². The first kappa shape index (κ1) is 11.8. The monoisotopic (exact) mass is 245 g/mol. The number of rotatable bonds is 3. The summed E-state index contributed by atoms with van der Waals surface area (Å²) in [5.41, 5.74) is 0.448. The van der Waals surface area contributed by atoms with E-state index >= 15 is 0 Å². The molecule has 0 amide bonds. The van der Waals surface area contributed by atoms with Gasteiger partial charge in [-0.3, -0.25) is 0 Å². The Labute approximate surface area is 98.8 Å². The van der Waals surface area contributed by atoms with Crippen molar-refractivity contribution in [1.82, 2.24) is 5.32 Å². The molecular formula is C12H14ClF2N. The molecule has 1 N–H and O–H groups in total. The Morgan fingerprint density at radius 3 is 2.56 bits per heavy atom. The lowest BCUT2D eigenvalue weighted by Gasteiger charge is -2.48. The quantitative estimate of drug-likeness (QED) is 0.862. The highest BCUT2D eigenvalue weighted by atomic mass is 35.5. The second-order valence-corrected chi connectivity index (χ2v) is 4.97. The van der Waals surface area contributed by atoms with Crippen LogP contribution >= 0.6 is 11.6 Å². The minimum atomic E-state index is -2.53. The van der Waals surface area contributed by atoms with Crippen LogP contribution in [0.1, 0.15) is 18.4 Å². The Balaban J connectivity index is 2.28. The summed E-state index contributed by atoms with van der Waals surface area (Å²) in [6, 6.07) is 7.23. The third-order valence-corrected chi connectivity index (χ3v) is 3.38. The number of benzene rings is 1. The van der Waals surface area contributed by atoms with Gasteiger partial charge in [-0.05, 0) is 24.7 Å². The van der Waals surface area contributed by atoms with Gasteiger partial charge in [-0.15, -0.1) is 0 Å². The van der Waals surface area contributed by atoms with E-state index in [9.17, 15) is 8.78 Å². The van der Waals surface area contributed by atoms with Crippen LogP contribution in [0.3, 0.4) is 0 Å². The van der Waals surface area contributed by atoms with E-state index in [0.717, 1.165) is 5.56 Å². The maximum atomic E-state index is 13.1. The predicted octanol–water partition coefficient (Wildman–Crippen LogP) is 3.23. The van der Waals surface area contributed by atoms with Crippen molar-refractivity contribution in [3.05, 3.63) is 34.9 Å². The Kier molecular flexibility index (Phi) is 2.93. The molecule has 0 bridgehead atoms. The van der Waals surface area contributed by atoms with Gasteiger partial charge >= 0.3 is 0 Å². The van der Waals surface area contributed by atoms with Gasteiger partial charge in [0.05, 0.1) is 0 Å². The zero-order chi connectivity index (χ0) is 11.8. The molecule has 1 aliphatic rings. The Bertz CT molecular complexity index is 384. The number of nitrogens with one attached hydrogen (secondary N) is 1. The van der Waals surface area contributed by atoms with Crippen LogP contribution in [-0.2, 0) is 5.41 Å². The van der Waals surface area contributed by atoms with Crippen molar-refractivity contribution < 1.29 is 8.78 Å². The third-order valence-electron chi connectivity index (χ3n) is 3.15. The standard InChI is InChI=1S/C12H14ClF2N/c1-16-8-11(6-12(14,15)7-11)9-3-2-4-10(13)5-9/h2-5,16H,6-8H2,1H3. The van der Waals surface area contributed by atoms with Crippen LogP contribution in [0.5, 0.6) is 0 Å². The molecule has 2 rings (SSSR count). The lowest BCUT2D eigenvalue weighted by molar-refractivity contribution is -0.125. The van der Waals surface area contributed by atoms with Crippen molar-refractivity contribution >= 4 is 11.6 Å². The normalized spacial score (nSPS) is 21.5. The van der Waals surface area contributed by atoms with Gasteiger partial charge < -0.3 is 5.32 Å². The maximum absolute atomic E-state index is 13.1. The SMILES string of the molecule is CNCC1(c2cccc(Cl)c2)CC(F)(F)C1. The van der Waals surface area contributed by atoms with Crippen LogP contribution < -0.4 is 5.32 Å². The fourth-order valence-corrected chi connectivity index (χ4v) is 2.72. The molecule has 1 saturated carbocycles. The van der Waals surface area contributed by atoms with Gasteiger partial charge in [0, 0.05) is 29.8 Å². The van der Waals surface area contributed by atoms with Crippen LogP contribution in [0.2, 0.25) is 5.02 Å². The summed E-state index contributed by atoms with van der Waals surface area (Å²) in [4.78, 5) is 0. The molecular weight excluding hydrogens is 232 g/mol. The molecule has 0 heterocycles. The zero-order valence-electron chi connectivity index (χ0n) is 9.06. The summed E-state index contributed by atoms with van der Waals surface area (Å²) in [6.07, 6.45) is -0.192. The lowest BCUT2D eigenvalue weighted by Crippen LogP contribution is -2.54. The number of halogens is 3. The molecule has 1 aliphatic carbocycles. The maximum Gasteiger partial charge on any atom is 0.250 e. The minimum Gasteiger partial charge on any atom is -0.319 e. The molecule has 0 aliphatic heterocycles.